The summed E-state index contributed by atoms with van der Waals surface area (Å²) in [5.41, 5.74) is 5.97. The molecule has 1 amide bonds. The van der Waals surface area contributed by atoms with E-state index in [4.69, 9.17) is 15.2 Å². The summed E-state index contributed by atoms with van der Waals surface area (Å²) >= 11 is 1.22. The number of amides is 1. The van der Waals surface area contributed by atoms with Gasteiger partial charge < -0.3 is 25.0 Å². The molecule has 3 aromatic rings. The van der Waals surface area contributed by atoms with Crippen LogP contribution in [0.3, 0.4) is 0 Å². The molecule has 0 aliphatic carbocycles. The molecule has 1 aliphatic heterocycles. The minimum absolute atomic E-state index is 0. The van der Waals surface area contributed by atoms with Crippen LogP contribution in [-0.2, 0) is 4.74 Å². The number of hydrogen-bond donors (Lipinski definition) is 1. The molecule has 12 heteroatoms. The Hall–Kier alpha value is -3.38. The molecule has 0 bridgehead atoms. The average Bonchev–Trinajstić information content (AvgIpc) is 3.21. The van der Waals surface area contributed by atoms with Gasteiger partial charge in [0.05, 0.1) is 30.3 Å². The smallest absolute Gasteiger partial charge is 0.327 e. The molecule has 0 spiro atoms. The summed E-state index contributed by atoms with van der Waals surface area (Å²) in [5.74, 6) is -0.431. The van der Waals surface area contributed by atoms with Crippen LogP contribution in [-0.4, -0.2) is 70.6 Å². The third-order valence-electron chi connectivity index (χ3n) is 4.76. The Bertz CT molecular complexity index is 1150. The average molecular weight is 462 g/mol. The van der Waals surface area contributed by atoms with Crippen molar-refractivity contribution in [1.29, 1.82) is 0 Å². The lowest BCUT2D eigenvalue weighted by Crippen LogP contribution is -2.44. The molecule has 1 aromatic carbocycles. The Kier molecular flexibility index (Phi) is 6.15. The van der Waals surface area contributed by atoms with Crippen molar-refractivity contribution >= 4 is 28.3 Å². The predicted molar refractivity (Wildman–Crippen MR) is 120 cm³/mol. The summed E-state index contributed by atoms with van der Waals surface area (Å²) in [4.78, 5) is 33.4. The number of carbonyl (C=O) groups excluding carboxylic acids is 1. The zero-order valence-corrected chi connectivity index (χ0v) is 18.6. The fraction of sp³-hybridized carbons (Fsp3) is 0.350. The van der Waals surface area contributed by atoms with Crippen LogP contribution in [0.4, 0.5) is 15.5 Å². The number of rotatable bonds is 5. The number of nitrogen functional groups attached to an aromatic ring is 1. The Morgan fingerprint density at radius 2 is 2.19 bits per heavy atom. The molecular weight excluding hydrogens is 437 g/mol. The maximum atomic E-state index is 14.7. The summed E-state index contributed by atoms with van der Waals surface area (Å²) in [6.45, 7) is 3.64. The number of nitrogens with two attached hydrogens (primary N) is 1. The van der Waals surface area contributed by atoms with Crippen molar-refractivity contribution in [2.45, 2.75) is 13.0 Å². The second-order valence-corrected chi connectivity index (χ2v) is 8.43. The number of aromatic nitrogens is 4. The molecule has 10 nitrogen and oxygen atoms in total. The Balaban J connectivity index is 0.00000306. The number of anilines is 2. The maximum absolute atomic E-state index is 14.7. The lowest BCUT2D eigenvalue weighted by atomic mass is 10.2. The molecule has 0 radical (unpaired) electrons. The number of thiazole rings is 1. The minimum atomic E-state index is -0.706. The van der Waals surface area contributed by atoms with Crippen molar-refractivity contribution in [3.05, 3.63) is 35.8 Å². The first kappa shape index (κ1) is 21.8. The van der Waals surface area contributed by atoms with Crippen LogP contribution in [0.2, 0.25) is 0 Å². The highest BCUT2D eigenvalue weighted by Crippen LogP contribution is 2.30. The zero-order valence-electron chi connectivity index (χ0n) is 17.8. The van der Waals surface area contributed by atoms with Gasteiger partial charge in [-0.05, 0) is 25.1 Å². The quantitative estimate of drug-likeness (QED) is 0.611. The number of morpholine rings is 1. The van der Waals surface area contributed by atoms with E-state index in [1.165, 1.54) is 28.4 Å². The molecule has 0 saturated carbocycles. The van der Waals surface area contributed by atoms with E-state index >= 15 is 0 Å². The third-order valence-corrected chi connectivity index (χ3v) is 5.58. The summed E-state index contributed by atoms with van der Waals surface area (Å²) in [7, 11) is 3.19. The van der Waals surface area contributed by atoms with Crippen molar-refractivity contribution in [3.63, 3.8) is 0 Å². The number of ether oxygens (including phenoxy) is 2. The topological polar surface area (TPSA) is 120 Å². The van der Waals surface area contributed by atoms with Gasteiger partial charge in [-0.2, -0.15) is 15.0 Å². The number of benzene rings is 1. The first-order chi connectivity index (χ1) is 15.3. The predicted octanol–water partition coefficient (Wildman–Crippen LogP) is 2.68. The molecule has 3 heterocycles. The van der Waals surface area contributed by atoms with E-state index in [2.05, 4.69) is 19.9 Å². The van der Waals surface area contributed by atoms with Crippen LogP contribution in [0.15, 0.2) is 24.4 Å². The lowest BCUT2D eigenvalue weighted by Gasteiger charge is -2.33. The molecule has 1 atom stereocenters. The molecule has 0 unspecified atom stereocenters. The van der Waals surface area contributed by atoms with Gasteiger partial charge in [0.2, 0.25) is 5.95 Å². The highest BCUT2D eigenvalue weighted by atomic mass is 32.1. The number of halogens is 1. The van der Waals surface area contributed by atoms with Gasteiger partial charge >= 0.3 is 6.01 Å². The minimum Gasteiger partial charge on any atom is -0.421 e. The normalized spacial score (nSPS) is 16.1. The van der Waals surface area contributed by atoms with Crippen molar-refractivity contribution < 1.29 is 20.1 Å². The van der Waals surface area contributed by atoms with Gasteiger partial charge in [0.25, 0.3) is 5.91 Å². The molecule has 32 heavy (non-hydrogen) atoms. The molecule has 1 saturated heterocycles. The highest BCUT2D eigenvalue weighted by molar-refractivity contribution is 7.18. The molecule has 1 fully saturated rings. The van der Waals surface area contributed by atoms with Crippen molar-refractivity contribution in [2.75, 3.05) is 44.5 Å². The van der Waals surface area contributed by atoms with Gasteiger partial charge in [0.15, 0.2) is 22.5 Å². The van der Waals surface area contributed by atoms with E-state index in [0.717, 1.165) is 6.07 Å². The fourth-order valence-corrected chi connectivity index (χ4v) is 3.74. The first-order valence-electron chi connectivity index (χ1n) is 9.83. The third kappa shape index (κ3) is 4.60. The van der Waals surface area contributed by atoms with E-state index in [0.29, 0.717) is 41.5 Å². The molecule has 2 aromatic heterocycles. The molecule has 170 valence electrons. The van der Waals surface area contributed by atoms with E-state index in [-0.39, 0.29) is 30.7 Å². The van der Waals surface area contributed by atoms with Gasteiger partial charge in [0.1, 0.15) is 0 Å². The van der Waals surface area contributed by atoms with Crippen molar-refractivity contribution in [2.24, 2.45) is 0 Å². The number of hydrogen-bond acceptors (Lipinski definition) is 10. The van der Waals surface area contributed by atoms with Gasteiger partial charge in [-0.3, -0.25) is 4.79 Å². The summed E-state index contributed by atoms with van der Waals surface area (Å²) in [5, 5.41) is 0.372. The Morgan fingerprint density at radius 1 is 1.38 bits per heavy atom. The summed E-state index contributed by atoms with van der Waals surface area (Å²) < 4.78 is 25.8. The van der Waals surface area contributed by atoms with Crippen LogP contribution < -0.4 is 15.4 Å². The van der Waals surface area contributed by atoms with E-state index in [9.17, 15) is 9.18 Å². The van der Waals surface area contributed by atoms with Gasteiger partial charge in [-0.15, -0.1) is 0 Å². The van der Waals surface area contributed by atoms with Gasteiger partial charge in [0, 0.05) is 27.6 Å². The van der Waals surface area contributed by atoms with E-state index in [1.54, 1.807) is 20.3 Å². The molecule has 2 N–H and O–H groups in total. The van der Waals surface area contributed by atoms with Crippen LogP contribution >= 0.6 is 11.3 Å². The Morgan fingerprint density at radius 3 is 2.84 bits per heavy atom. The highest BCUT2D eigenvalue weighted by Gasteiger charge is 2.24. The summed E-state index contributed by atoms with van der Waals surface area (Å²) in [6.07, 6.45) is 1.56. The van der Waals surface area contributed by atoms with Crippen LogP contribution in [0.25, 0.3) is 10.7 Å². The molecule has 4 rings (SSSR count). The van der Waals surface area contributed by atoms with Crippen LogP contribution in [0.1, 0.15) is 18.7 Å². The maximum Gasteiger partial charge on any atom is 0.327 e. The monoisotopic (exact) mass is 461 g/mol. The van der Waals surface area contributed by atoms with Crippen molar-refractivity contribution in [1.82, 2.24) is 24.8 Å². The van der Waals surface area contributed by atoms with E-state index in [1.807, 2.05) is 11.8 Å². The second-order valence-electron chi connectivity index (χ2n) is 7.37. The zero-order chi connectivity index (χ0) is 22.8. The van der Waals surface area contributed by atoms with Crippen molar-refractivity contribution in [3.8, 4) is 22.5 Å². The van der Waals surface area contributed by atoms with Gasteiger partial charge in [-0.25, -0.2) is 9.37 Å². The Labute approximate surface area is 189 Å². The molecular formula is C20H24FN7O3S. The number of nitrogens with zero attached hydrogens (tertiary/aromatic N) is 6. The van der Waals surface area contributed by atoms with Crippen LogP contribution in [0, 0.1) is 5.82 Å². The first-order valence-corrected chi connectivity index (χ1v) is 10.6. The largest absolute Gasteiger partial charge is 0.421 e. The lowest BCUT2D eigenvalue weighted by molar-refractivity contribution is 0.0827. The van der Waals surface area contributed by atoms with Crippen LogP contribution in [0.5, 0.6) is 11.8 Å². The SMILES string of the molecule is C[C@H]1COCCN1c1nc(Oc2ccc(C(=O)N(C)C)cc2F)nc(-c2cnc(N)s2)n1.[HH]. The van der Waals surface area contributed by atoms with Gasteiger partial charge in [-0.1, -0.05) is 11.3 Å². The molecule has 1 aliphatic rings. The summed E-state index contributed by atoms with van der Waals surface area (Å²) in [6, 6.07) is 3.93. The number of carbonyl (C=O) groups is 1. The van der Waals surface area contributed by atoms with E-state index < -0.39 is 5.82 Å². The fourth-order valence-electron chi connectivity index (χ4n) is 3.12. The second kappa shape index (κ2) is 9.01. The standard InChI is InChI=1S/C20H22FN7O3S.H2/c1-11-10-30-7-6-28(11)19-24-16(15-9-23-18(22)32-15)25-20(26-19)31-14-5-4-12(8-13(14)21)17(29)27(2)3;/h4-5,8-9,11H,6-7,10H2,1-3H3,(H2,22,23);1H/t11-;/m0./s1.